The van der Waals surface area contributed by atoms with Crippen LogP contribution in [0.15, 0.2) is 169 Å². The molecule has 0 atom stereocenters. The largest absolute Gasteiger partial charge is 0.314 e. The van der Waals surface area contributed by atoms with Gasteiger partial charge in [0.1, 0.15) is 28.5 Å². The highest BCUT2D eigenvalue weighted by Crippen LogP contribution is 2.67. The van der Waals surface area contributed by atoms with Crippen molar-refractivity contribution in [1.29, 1.82) is 0 Å². The van der Waals surface area contributed by atoms with E-state index >= 15 is 0 Å². The number of hydrogen-bond acceptors (Lipinski definition) is 4. The van der Waals surface area contributed by atoms with Gasteiger partial charge in [0.25, 0.3) is 11.8 Å². The number of carbonyl (C=O) groups is 2. The molecule has 214 valence electrons. The smallest absolute Gasteiger partial charge is 0.278 e. The maximum atomic E-state index is 14.5. The molecule has 0 bridgehead atoms. The van der Waals surface area contributed by atoms with Gasteiger partial charge in [-0.1, -0.05) is 103 Å². The van der Waals surface area contributed by atoms with Crippen LogP contribution in [0.25, 0.3) is 5.31 Å². The second kappa shape index (κ2) is 13.4. The third kappa shape index (κ3) is 5.86. The summed E-state index contributed by atoms with van der Waals surface area (Å²) in [6, 6.07) is 49.7. The molecule has 6 aromatic rings. The van der Waals surface area contributed by atoms with Gasteiger partial charge in [-0.15, -0.1) is 11.3 Å². The Kier molecular flexibility index (Phi) is 8.83. The number of anilines is 1. The molecular weight excluding hydrogens is 581 g/mol. The fourth-order valence-electron chi connectivity index (χ4n) is 5.33. The highest BCUT2D eigenvalue weighted by molar-refractivity contribution is 8.03. The molecule has 0 fully saturated rings. The van der Waals surface area contributed by atoms with Gasteiger partial charge < -0.3 is 5.32 Å². The molecule has 0 aliphatic rings. The summed E-state index contributed by atoms with van der Waals surface area (Å²) < 4.78 is 0. The van der Waals surface area contributed by atoms with Crippen molar-refractivity contribution in [2.24, 2.45) is 0 Å². The van der Waals surface area contributed by atoms with E-state index in [1.807, 2.05) is 91.0 Å². The van der Waals surface area contributed by atoms with Crippen LogP contribution in [0.2, 0.25) is 0 Å². The molecule has 0 saturated carbocycles. The molecular formula is C37H29N3O2PS+. The van der Waals surface area contributed by atoms with E-state index in [-0.39, 0.29) is 11.6 Å². The van der Waals surface area contributed by atoms with Gasteiger partial charge in [0.2, 0.25) is 0 Å². The molecule has 2 N–H and O–H groups in total. The lowest BCUT2D eigenvalue weighted by atomic mass is 10.1. The van der Waals surface area contributed by atoms with E-state index < -0.39 is 13.2 Å². The standard InChI is InChI=1S/C37H28N3O2PS/c41-35(29-18-8-2-9-19-29)39-33(36(42)40-37-38-26-27-44-37)34(28-16-6-1-7-17-28)43(30-20-10-3-11-21-30,31-22-12-4-13-23-31)32-24-14-5-15-25-32/h1-27H,(H-,38,39,40,41,42)/p+1. The average Bonchev–Trinajstić information content (AvgIpc) is 3.61. The van der Waals surface area contributed by atoms with Crippen LogP contribution in [0, 0.1) is 0 Å². The fourth-order valence-corrected chi connectivity index (χ4v) is 10.4. The molecule has 7 heteroatoms. The molecule has 44 heavy (non-hydrogen) atoms. The van der Waals surface area contributed by atoms with Crippen LogP contribution in [0.1, 0.15) is 15.9 Å². The summed E-state index contributed by atoms with van der Waals surface area (Å²) >= 11 is 1.32. The van der Waals surface area contributed by atoms with Crippen LogP contribution in [0.3, 0.4) is 0 Å². The SMILES string of the molecule is O=C(Nc1nccs1)C(NC(=O)c1ccccc1)=C(c1ccccc1)[P+](c1ccccc1)(c1ccccc1)c1ccccc1. The number of thiazole rings is 1. The number of nitrogens with one attached hydrogen (secondary N) is 2. The molecule has 5 nitrogen and oxygen atoms in total. The number of hydrogen-bond donors (Lipinski definition) is 2. The maximum absolute atomic E-state index is 14.5. The Bertz CT molecular complexity index is 1770. The third-order valence-electron chi connectivity index (χ3n) is 7.20. The Morgan fingerprint density at radius 2 is 1.00 bits per heavy atom. The zero-order valence-corrected chi connectivity index (χ0v) is 25.4. The summed E-state index contributed by atoms with van der Waals surface area (Å²) in [5.41, 5.74) is 1.45. The van der Waals surface area contributed by atoms with Gasteiger partial charge in [-0.3, -0.25) is 14.9 Å². The molecule has 2 amide bonds. The molecule has 0 spiro atoms. The van der Waals surface area contributed by atoms with Crippen LogP contribution in [-0.4, -0.2) is 16.8 Å². The number of rotatable bonds is 9. The molecule has 0 saturated heterocycles. The van der Waals surface area contributed by atoms with E-state index in [1.54, 1.807) is 35.8 Å². The van der Waals surface area contributed by atoms with E-state index in [4.69, 9.17) is 0 Å². The molecule has 0 aliphatic heterocycles. The first-order valence-corrected chi connectivity index (χ1v) is 16.8. The molecule has 5 aromatic carbocycles. The molecule has 0 unspecified atom stereocenters. The lowest BCUT2D eigenvalue weighted by molar-refractivity contribution is -0.113. The third-order valence-corrected chi connectivity index (χ3v) is 12.3. The zero-order chi connectivity index (χ0) is 30.2. The van der Waals surface area contributed by atoms with Crippen molar-refractivity contribution in [3.05, 3.63) is 180 Å². The van der Waals surface area contributed by atoms with Crippen molar-refractivity contribution in [2.75, 3.05) is 5.32 Å². The molecule has 6 rings (SSSR count). The summed E-state index contributed by atoms with van der Waals surface area (Å²) in [6.45, 7) is 0. The minimum Gasteiger partial charge on any atom is -0.314 e. The first kappa shape index (κ1) is 28.9. The first-order valence-electron chi connectivity index (χ1n) is 14.1. The quantitative estimate of drug-likeness (QED) is 0.139. The van der Waals surface area contributed by atoms with E-state index in [0.29, 0.717) is 10.7 Å². The van der Waals surface area contributed by atoms with Crippen LogP contribution in [-0.2, 0) is 4.79 Å². The van der Waals surface area contributed by atoms with Gasteiger partial charge in [-0.05, 0) is 48.5 Å². The van der Waals surface area contributed by atoms with Crippen molar-refractivity contribution in [1.82, 2.24) is 10.3 Å². The van der Waals surface area contributed by atoms with Gasteiger partial charge in [0.05, 0.1) is 0 Å². The van der Waals surface area contributed by atoms with Crippen molar-refractivity contribution in [3.63, 3.8) is 0 Å². The second-order valence-corrected chi connectivity index (χ2v) is 14.1. The highest BCUT2D eigenvalue weighted by Gasteiger charge is 2.52. The molecule has 0 aliphatic carbocycles. The van der Waals surface area contributed by atoms with Crippen molar-refractivity contribution in [3.8, 4) is 0 Å². The molecule has 1 heterocycles. The number of amides is 2. The minimum absolute atomic E-state index is 0.171. The van der Waals surface area contributed by atoms with E-state index in [1.165, 1.54) is 11.3 Å². The second-order valence-electron chi connectivity index (χ2n) is 9.88. The summed E-state index contributed by atoms with van der Waals surface area (Å²) in [7, 11) is -2.85. The van der Waals surface area contributed by atoms with Crippen LogP contribution >= 0.6 is 18.6 Å². The Labute approximate surface area is 261 Å². The highest BCUT2D eigenvalue weighted by atomic mass is 32.1. The average molecular weight is 611 g/mol. The van der Waals surface area contributed by atoms with Gasteiger partial charge in [-0.2, -0.15) is 0 Å². The van der Waals surface area contributed by atoms with Crippen LogP contribution in [0.5, 0.6) is 0 Å². The molecule has 0 radical (unpaired) electrons. The van der Waals surface area contributed by atoms with Gasteiger partial charge in [0.15, 0.2) is 10.8 Å². The van der Waals surface area contributed by atoms with Gasteiger partial charge in [-0.25, -0.2) is 4.98 Å². The number of nitrogens with zero attached hydrogens (tertiary/aromatic N) is 1. The summed E-state index contributed by atoms with van der Waals surface area (Å²) in [6.07, 6.45) is 1.64. The van der Waals surface area contributed by atoms with Gasteiger partial charge >= 0.3 is 0 Å². The Morgan fingerprint density at radius 3 is 1.43 bits per heavy atom. The van der Waals surface area contributed by atoms with Crippen LogP contribution in [0.4, 0.5) is 5.13 Å². The fraction of sp³-hybridized carbons (Fsp3) is 0. The zero-order valence-electron chi connectivity index (χ0n) is 23.7. The number of benzene rings is 5. The Morgan fingerprint density at radius 1 is 0.568 bits per heavy atom. The van der Waals surface area contributed by atoms with Gasteiger partial charge in [0, 0.05) is 22.7 Å². The maximum Gasteiger partial charge on any atom is 0.278 e. The Balaban J connectivity index is 1.75. The predicted octanol–water partition coefficient (Wildman–Crippen LogP) is 6.87. The number of aromatic nitrogens is 1. The predicted molar refractivity (Wildman–Crippen MR) is 183 cm³/mol. The van der Waals surface area contributed by atoms with Crippen molar-refractivity contribution in [2.45, 2.75) is 0 Å². The first-order chi connectivity index (χ1) is 21.7. The van der Waals surface area contributed by atoms with E-state index in [9.17, 15) is 9.59 Å². The summed E-state index contributed by atoms with van der Waals surface area (Å²) in [5, 5.41) is 12.2. The lowest BCUT2D eigenvalue weighted by Crippen LogP contribution is -2.37. The normalized spacial score (nSPS) is 11.7. The van der Waals surface area contributed by atoms with E-state index in [0.717, 1.165) is 26.8 Å². The van der Waals surface area contributed by atoms with Crippen molar-refractivity contribution < 1.29 is 9.59 Å². The lowest BCUT2D eigenvalue weighted by Gasteiger charge is -2.31. The van der Waals surface area contributed by atoms with Crippen LogP contribution < -0.4 is 26.5 Å². The minimum atomic E-state index is -2.85. The Hall–Kier alpha value is -5.16. The van der Waals surface area contributed by atoms with E-state index in [2.05, 4.69) is 52.0 Å². The monoisotopic (exact) mass is 610 g/mol. The van der Waals surface area contributed by atoms with Crippen molar-refractivity contribution >= 4 is 56.8 Å². The topological polar surface area (TPSA) is 71.1 Å². The number of carbonyl (C=O) groups excluding carboxylic acids is 2. The summed E-state index contributed by atoms with van der Waals surface area (Å²) in [4.78, 5) is 32.7. The summed E-state index contributed by atoms with van der Waals surface area (Å²) in [5.74, 6) is -0.828. The molecule has 1 aromatic heterocycles.